The molecule has 0 unspecified atom stereocenters. The first kappa shape index (κ1) is 9.21. The lowest BCUT2D eigenvalue weighted by atomic mass is 9.96. The van der Waals surface area contributed by atoms with Gasteiger partial charge in [-0.05, 0) is 25.7 Å². The molecule has 1 amide bonds. The first-order valence-corrected chi connectivity index (χ1v) is 4.72. The number of aromatic amines is 1. The molecule has 0 spiro atoms. The Bertz CT molecular complexity index is 346. The van der Waals surface area contributed by atoms with Gasteiger partial charge in [-0.3, -0.25) is 14.7 Å². The molecule has 2 N–H and O–H groups in total. The van der Waals surface area contributed by atoms with Gasteiger partial charge in [0.15, 0.2) is 5.69 Å². The first-order valence-electron chi connectivity index (χ1n) is 4.72. The lowest BCUT2D eigenvalue weighted by molar-refractivity contribution is 0.0531. The third-order valence-corrected chi connectivity index (χ3v) is 2.47. The van der Waals surface area contributed by atoms with Crippen LogP contribution in [0.2, 0.25) is 0 Å². The molecule has 14 heavy (non-hydrogen) atoms. The number of H-pyrrole nitrogens is 1. The van der Waals surface area contributed by atoms with E-state index in [-0.39, 0.29) is 5.91 Å². The van der Waals surface area contributed by atoms with Crippen molar-refractivity contribution in [3.8, 4) is 0 Å². The van der Waals surface area contributed by atoms with E-state index in [2.05, 4.69) is 20.5 Å². The number of hydroxylamine groups is 1. The van der Waals surface area contributed by atoms with Gasteiger partial charge in [-0.25, -0.2) is 5.48 Å². The molecule has 1 aromatic rings. The van der Waals surface area contributed by atoms with Gasteiger partial charge in [0.25, 0.3) is 5.91 Å². The van der Waals surface area contributed by atoms with Gasteiger partial charge in [0.05, 0.1) is 7.11 Å². The van der Waals surface area contributed by atoms with Crippen molar-refractivity contribution in [3.05, 3.63) is 17.0 Å². The van der Waals surface area contributed by atoms with Crippen LogP contribution in [0.3, 0.4) is 0 Å². The number of carbonyl (C=O) groups excluding carboxylic acids is 1. The molecule has 2 rings (SSSR count). The molecule has 0 aliphatic heterocycles. The zero-order chi connectivity index (χ0) is 9.97. The Morgan fingerprint density at radius 3 is 3.07 bits per heavy atom. The zero-order valence-corrected chi connectivity index (χ0v) is 8.09. The molecule has 0 radical (unpaired) electrons. The summed E-state index contributed by atoms with van der Waals surface area (Å²) in [6.07, 6.45) is 4.21. The number of rotatable bonds is 2. The molecule has 0 aromatic carbocycles. The summed E-state index contributed by atoms with van der Waals surface area (Å²) in [4.78, 5) is 16.0. The lowest BCUT2D eigenvalue weighted by Gasteiger charge is -2.10. The Hall–Kier alpha value is -1.36. The van der Waals surface area contributed by atoms with Crippen LogP contribution in [-0.4, -0.2) is 23.2 Å². The van der Waals surface area contributed by atoms with Crippen LogP contribution in [0.25, 0.3) is 0 Å². The summed E-state index contributed by atoms with van der Waals surface area (Å²) >= 11 is 0. The van der Waals surface area contributed by atoms with Crippen LogP contribution in [-0.2, 0) is 17.7 Å². The minimum Gasteiger partial charge on any atom is -0.281 e. The Morgan fingerprint density at radius 1 is 1.50 bits per heavy atom. The summed E-state index contributed by atoms with van der Waals surface area (Å²) in [6.45, 7) is 0. The van der Waals surface area contributed by atoms with Gasteiger partial charge in [-0.1, -0.05) is 0 Å². The van der Waals surface area contributed by atoms with E-state index in [0.717, 1.165) is 30.5 Å². The van der Waals surface area contributed by atoms with Crippen LogP contribution < -0.4 is 5.48 Å². The van der Waals surface area contributed by atoms with Gasteiger partial charge in [-0.2, -0.15) is 5.10 Å². The maximum atomic E-state index is 11.5. The van der Waals surface area contributed by atoms with E-state index in [1.807, 2.05) is 0 Å². The molecule has 1 aromatic heterocycles. The molecule has 1 aliphatic rings. The average molecular weight is 195 g/mol. The number of aryl methyl sites for hydroxylation is 1. The topological polar surface area (TPSA) is 67.0 Å². The van der Waals surface area contributed by atoms with Crippen molar-refractivity contribution in [2.75, 3.05) is 7.11 Å². The molecular formula is C9H13N3O2. The Morgan fingerprint density at radius 2 is 2.29 bits per heavy atom. The molecule has 5 heteroatoms. The minimum absolute atomic E-state index is 0.271. The first-order chi connectivity index (χ1) is 6.83. The van der Waals surface area contributed by atoms with Gasteiger partial charge >= 0.3 is 0 Å². The van der Waals surface area contributed by atoms with E-state index in [1.165, 1.54) is 13.5 Å². The quantitative estimate of drug-likeness (QED) is 0.678. The molecule has 0 fully saturated rings. The molecule has 0 bridgehead atoms. The summed E-state index contributed by atoms with van der Waals surface area (Å²) in [5, 5.41) is 6.90. The standard InChI is InChI=1S/C9H13N3O2/c1-14-12-9(13)8-6-4-2-3-5-7(6)10-11-8/h2-5H2,1H3,(H,10,11)(H,12,13). The van der Waals surface area contributed by atoms with E-state index >= 15 is 0 Å². The monoisotopic (exact) mass is 195 g/mol. The molecule has 1 aliphatic carbocycles. The summed E-state index contributed by atoms with van der Waals surface area (Å²) in [7, 11) is 1.41. The van der Waals surface area contributed by atoms with Crippen LogP contribution in [0.4, 0.5) is 0 Å². The number of hydrogen-bond acceptors (Lipinski definition) is 3. The number of fused-ring (bicyclic) bond motifs is 1. The SMILES string of the molecule is CONC(=O)c1n[nH]c2c1CCCC2. The van der Waals surface area contributed by atoms with E-state index in [0.29, 0.717) is 5.69 Å². The molecule has 0 saturated heterocycles. The van der Waals surface area contributed by atoms with Crippen LogP contribution in [0.5, 0.6) is 0 Å². The minimum atomic E-state index is -0.271. The Kier molecular flexibility index (Phi) is 2.49. The molecular weight excluding hydrogens is 182 g/mol. The normalized spacial score (nSPS) is 14.9. The second-order valence-corrected chi connectivity index (χ2v) is 3.37. The van der Waals surface area contributed by atoms with Gasteiger partial charge in [0.1, 0.15) is 0 Å². The molecule has 0 saturated carbocycles. The summed E-state index contributed by atoms with van der Waals surface area (Å²) in [5.41, 5.74) is 4.89. The van der Waals surface area contributed by atoms with Gasteiger partial charge in [0.2, 0.25) is 0 Å². The second kappa shape index (κ2) is 3.79. The van der Waals surface area contributed by atoms with Gasteiger partial charge in [0, 0.05) is 11.3 Å². The maximum absolute atomic E-state index is 11.5. The number of aromatic nitrogens is 2. The lowest BCUT2D eigenvalue weighted by Crippen LogP contribution is -2.23. The highest BCUT2D eigenvalue weighted by molar-refractivity contribution is 5.93. The smallest absolute Gasteiger partial charge is 0.281 e. The number of hydrogen-bond donors (Lipinski definition) is 2. The molecule has 0 atom stereocenters. The molecule has 5 nitrogen and oxygen atoms in total. The van der Waals surface area contributed by atoms with E-state index < -0.39 is 0 Å². The van der Waals surface area contributed by atoms with Crippen molar-refractivity contribution < 1.29 is 9.63 Å². The Balaban J connectivity index is 2.25. The fourth-order valence-electron chi connectivity index (χ4n) is 1.81. The third kappa shape index (κ3) is 1.50. The van der Waals surface area contributed by atoms with Crippen molar-refractivity contribution in [1.29, 1.82) is 0 Å². The fourth-order valence-corrected chi connectivity index (χ4v) is 1.81. The number of amides is 1. The van der Waals surface area contributed by atoms with E-state index in [9.17, 15) is 4.79 Å². The largest absolute Gasteiger partial charge is 0.295 e. The van der Waals surface area contributed by atoms with Crippen molar-refractivity contribution >= 4 is 5.91 Å². The highest BCUT2D eigenvalue weighted by Crippen LogP contribution is 2.21. The molecule has 76 valence electrons. The predicted molar refractivity (Wildman–Crippen MR) is 49.7 cm³/mol. The highest BCUT2D eigenvalue weighted by Gasteiger charge is 2.21. The van der Waals surface area contributed by atoms with Crippen LogP contribution in [0.15, 0.2) is 0 Å². The van der Waals surface area contributed by atoms with Gasteiger partial charge in [-0.15, -0.1) is 0 Å². The van der Waals surface area contributed by atoms with Crippen LogP contribution >= 0.6 is 0 Å². The van der Waals surface area contributed by atoms with Crippen molar-refractivity contribution in [2.45, 2.75) is 25.7 Å². The summed E-state index contributed by atoms with van der Waals surface area (Å²) in [5.74, 6) is -0.271. The zero-order valence-electron chi connectivity index (χ0n) is 8.09. The number of nitrogens with one attached hydrogen (secondary N) is 2. The molecule has 1 heterocycles. The third-order valence-electron chi connectivity index (χ3n) is 2.47. The average Bonchev–Trinajstić information content (AvgIpc) is 2.61. The Labute approximate surface area is 81.8 Å². The van der Waals surface area contributed by atoms with Crippen LogP contribution in [0, 0.1) is 0 Å². The van der Waals surface area contributed by atoms with E-state index in [4.69, 9.17) is 0 Å². The fraction of sp³-hybridized carbons (Fsp3) is 0.556. The highest BCUT2D eigenvalue weighted by atomic mass is 16.6. The van der Waals surface area contributed by atoms with Crippen molar-refractivity contribution in [3.63, 3.8) is 0 Å². The van der Waals surface area contributed by atoms with Crippen molar-refractivity contribution in [2.24, 2.45) is 0 Å². The van der Waals surface area contributed by atoms with Crippen molar-refractivity contribution in [1.82, 2.24) is 15.7 Å². The number of nitrogens with zero attached hydrogens (tertiary/aromatic N) is 1. The summed E-state index contributed by atoms with van der Waals surface area (Å²) in [6, 6.07) is 0. The number of carbonyl (C=O) groups is 1. The summed E-state index contributed by atoms with van der Waals surface area (Å²) < 4.78 is 0. The second-order valence-electron chi connectivity index (χ2n) is 3.37. The van der Waals surface area contributed by atoms with Gasteiger partial charge < -0.3 is 0 Å². The van der Waals surface area contributed by atoms with Crippen LogP contribution in [0.1, 0.15) is 34.6 Å². The maximum Gasteiger partial charge on any atom is 0.295 e. The van der Waals surface area contributed by atoms with E-state index in [1.54, 1.807) is 0 Å². The predicted octanol–water partition coefficient (Wildman–Crippen LogP) is 0.580.